The molecule has 0 radical (unpaired) electrons. The molecule has 0 atom stereocenters. The molecule has 21 heavy (non-hydrogen) atoms. The van der Waals surface area contributed by atoms with Crippen LogP contribution in [-0.4, -0.2) is 5.91 Å². The smallest absolute Gasteiger partial charge is 0.380 e. The van der Waals surface area contributed by atoms with Crippen LogP contribution in [0.1, 0.15) is 25.7 Å². The van der Waals surface area contributed by atoms with Crippen molar-refractivity contribution < 1.29 is 18.0 Å². The molecular formula is C14H13F3N2OS. The second-order valence-electron chi connectivity index (χ2n) is 4.47. The number of halogens is 3. The predicted octanol–water partition coefficient (Wildman–Crippen LogP) is 3.79. The molecule has 3 nitrogen and oxygen atoms in total. The number of thiophene rings is 1. The maximum atomic E-state index is 12.9. The third kappa shape index (κ3) is 3.55. The molecule has 2 rings (SSSR count). The highest BCUT2D eigenvalue weighted by molar-refractivity contribution is 7.14. The van der Waals surface area contributed by atoms with Gasteiger partial charge in [-0.2, -0.15) is 13.2 Å². The number of alkyl halides is 3. The van der Waals surface area contributed by atoms with Gasteiger partial charge in [-0.25, -0.2) is 0 Å². The molecule has 0 fully saturated rings. The molecule has 1 heterocycles. The number of nitrogens with one attached hydrogen (secondary N) is 1. The summed E-state index contributed by atoms with van der Waals surface area (Å²) < 4.78 is 38.7. The van der Waals surface area contributed by atoms with E-state index in [1.807, 2.05) is 0 Å². The molecule has 1 amide bonds. The highest BCUT2D eigenvalue weighted by Crippen LogP contribution is 2.33. The summed E-state index contributed by atoms with van der Waals surface area (Å²) in [4.78, 5) is 12.5. The van der Waals surface area contributed by atoms with Gasteiger partial charge in [-0.05, 0) is 24.6 Å². The molecule has 0 aliphatic carbocycles. The van der Waals surface area contributed by atoms with Crippen LogP contribution in [0.25, 0.3) is 0 Å². The van der Waals surface area contributed by atoms with E-state index >= 15 is 0 Å². The van der Waals surface area contributed by atoms with Gasteiger partial charge in [0.2, 0.25) is 0 Å². The van der Waals surface area contributed by atoms with Crippen molar-refractivity contribution in [3.63, 3.8) is 0 Å². The quantitative estimate of drug-likeness (QED) is 0.902. The van der Waals surface area contributed by atoms with Gasteiger partial charge < -0.3 is 11.1 Å². The number of nitrogens with two attached hydrogens (primary N) is 1. The zero-order chi connectivity index (χ0) is 15.6. The Labute approximate surface area is 123 Å². The van der Waals surface area contributed by atoms with E-state index in [4.69, 9.17) is 5.73 Å². The molecule has 0 saturated carbocycles. The van der Waals surface area contributed by atoms with Crippen molar-refractivity contribution >= 4 is 22.9 Å². The number of rotatable bonds is 4. The Morgan fingerprint density at radius 1 is 1.33 bits per heavy atom. The van der Waals surface area contributed by atoms with Gasteiger partial charge in [-0.1, -0.05) is 18.2 Å². The van der Waals surface area contributed by atoms with Gasteiger partial charge in [0.1, 0.15) is 4.88 Å². The number of hydrogen-bond donors (Lipinski definition) is 2. The second kappa shape index (κ2) is 5.77. The number of anilines is 1. The Kier molecular flexibility index (Phi) is 4.22. The standard InChI is InChI=1S/C14H13F3N2OS/c1-8-6-11(12(21-8)13(18)20)19-7-9-4-2-3-5-10(9)14(15,16)17/h2-6,19H,7H2,1H3,(H2,18,20). The largest absolute Gasteiger partial charge is 0.416 e. The lowest BCUT2D eigenvalue weighted by molar-refractivity contribution is -0.138. The van der Waals surface area contributed by atoms with Gasteiger partial charge in [0.05, 0.1) is 11.3 Å². The van der Waals surface area contributed by atoms with Crippen LogP contribution in [0.3, 0.4) is 0 Å². The maximum Gasteiger partial charge on any atom is 0.416 e. The lowest BCUT2D eigenvalue weighted by Crippen LogP contribution is -2.14. The molecule has 0 unspecified atom stereocenters. The normalized spacial score (nSPS) is 11.4. The van der Waals surface area contributed by atoms with E-state index in [9.17, 15) is 18.0 Å². The number of primary amides is 1. The molecule has 0 saturated heterocycles. The van der Waals surface area contributed by atoms with Crippen LogP contribution in [0.15, 0.2) is 30.3 Å². The summed E-state index contributed by atoms with van der Waals surface area (Å²) in [6.07, 6.45) is -4.41. The van der Waals surface area contributed by atoms with Gasteiger partial charge in [0, 0.05) is 11.4 Å². The zero-order valence-electron chi connectivity index (χ0n) is 11.1. The van der Waals surface area contributed by atoms with Gasteiger partial charge in [0.25, 0.3) is 5.91 Å². The molecule has 0 aliphatic rings. The number of benzene rings is 1. The third-order valence-corrected chi connectivity index (χ3v) is 3.94. The van der Waals surface area contributed by atoms with Crippen LogP contribution >= 0.6 is 11.3 Å². The molecule has 3 N–H and O–H groups in total. The summed E-state index contributed by atoms with van der Waals surface area (Å²) in [5, 5.41) is 2.85. The van der Waals surface area contributed by atoms with E-state index in [0.29, 0.717) is 10.6 Å². The van der Waals surface area contributed by atoms with Gasteiger partial charge >= 0.3 is 6.18 Å². The van der Waals surface area contributed by atoms with Crippen molar-refractivity contribution in [2.24, 2.45) is 5.73 Å². The number of amides is 1. The lowest BCUT2D eigenvalue weighted by atomic mass is 10.1. The van der Waals surface area contributed by atoms with Gasteiger partial charge in [0.15, 0.2) is 0 Å². The number of hydrogen-bond acceptors (Lipinski definition) is 3. The Bertz CT molecular complexity index is 664. The van der Waals surface area contributed by atoms with E-state index in [-0.39, 0.29) is 12.1 Å². The molecule has 1 aromatic heterocycles. The first kappa shape index (κ1) is 15.4. The van der Waals surface area contributed by atoms with E-state index in [0.717, 1.165) is 10.9 Å². The maximum absolute atomic E-state index is 12.9. The number of carbonyl (C=O) groups is 1. The summed E-state index contributed by atoms with van der Waals surface area (Å²) >= 11 is 1.21. The second-order valence-corrected chi connectivity index (χ2v) is 5.73. The van der Waals surface area contributed by atoms with Crippen LogP contribution in [-0.2, 0) is 12.7 Å². The van der Waals surface area contributed by atoms with Crippen molar-refractivity contribution in [2.45, 2.75) is 19.6 Å². The summed E-state index contributed by atoms with van der Waals surface area (Å²) in [5.74, 6) is -0.597. The molecular weight excluding hydrogens is 301 g/mol. The third-order valence-electron chi connectivity index (χ3n) is 2.87. The Morgan fingerprint density at radius 3 is 2.62 bits per heavy atom. The Morgan fingerprint density at radius 2 is 2.00 bits per heavy atom. The topological polar surface area (TPSA) is 55.1 Å². The van der Waals surface area contributed by atoms with Crippen molar-refractivity contribution in [1.29, 1.82) is 0 Å². The minimum absolute atomic E-state index is 0.0356. The fourth-order valence-electron chi connectivity index (χ4n) is 1.97. The first-order valence-corrected chi connectivity index (χ1v) is 6.90. The minimum Gasteiger partial charge on any atom is -0.380 e. The van der Waals surface area contributed by atoms with Crippen molar-refractivity contribution in [1.82, 2.24) is 0 Å². The molecule has 1 aromatic carbocycles. The van der Waals surface area contributed by atoms with Crippen LogP contribution in [0.2, 0.25) is 0 Å². The minimum atomic E-state index is -4.41. The van der Waals surface area contributed by atoms with Gasteiger partial charge in [-0.15, -0.1) is 11.3 Å². The van der Waals surface area contributed by atoms with Crippen LogP contribution < -0.4 is 11.1 Å². The van der Waals surface area contributed by atoms with Crippen LogP contribution in [0.5, 0.6) is 0 Å². The molecule has 0 spiro atoms. The Balaban J connectivity index is 2.24. The SMILES string of the molecule is Cc1cc(NCc2ccccc2C(F)(F)F)c(C(N)=O)s1. The number of aryl methyl sites for hydroxylation is 1. The summed E-state index contributed by atoms with van der Waals surface area (Å²) in [7, 11) is 0. The first-order chi connectivity index (χ1) is 9.79. The monoisotopic (exact) mass is 314 g/mol. The molecule has 2 aromatic rings. The summed E-state index contributed by atoms with van der Waals surface area (Å²) in [5.41, 5.74) is 5.13. The van der Waals surface area contributed by atoms with E-state index < -0.39 is 17.6 Å². The predicted molar refractivity (Wildman–Crippen MR) is 76.3 cm³/mol. The molecule has 112 valence electrons. The van der Waals surface area contributed by atoms with E-state index in [2.05, 4.69) is 5.32 Å². The van der Waals surface area contributed by atoms with Gasteiger partial charge in [-0.3, -0.25) is 4.79 Å². The fourth-order valence-corrected chi connectivity index (χ4v) is 2.81. The first-order valence-electron chi connectivity index (χ1n) is 6.08. The van der Waals surface area contributed by atoms with E-state index in [1.54, 1.807) is 19.1 Å². The molecule has 7 heteroatoms. The average molecular weight is 314 g/mol. The van der Waals surface area contributed by atoms with Crippen LogP contribution in [0, 0.1) is 6.92 Å². The molecule has 0 aliphatic heterocycles. The van der Waals surface area contributed by atoms with Crippen LogP contribution in [0.4, 0.5) is 18.9 Å². The van der Waals surface area contributed by atoms with Crippen molar-refractivity contribution in [2.75, 3.05) is 5.32 Å². The summed E-state index contributed by atoms with van der Waals surface area (Å²) in [6.45, 7) is 1.76. The summed E-state index contributed by atoms with van der Waals surface area (Å²) in [6, 6.07) is 7.01. The average Bonchev–Trinajstić information content (AvgIpc) is 2.77. The fraction of sp³-hybridized carbons (Fsp3) is 0.214. The molecule has 0 bridgehead atoms. The number of carbonyl (C=O) groups excluding carboxylic acids is 1. The highest BCUT2D eigenvalue weighted by atomic mass is 32.1. The van der Waals surface area contributed by atoms with E-state index in [1.165, 1.54) is 23.5 Å². The highest BCUT2D eigenvalue weighted by Gasteiger charge is 2.32. The zero-order valence-corrected chi connectivity index (χ0v) is 11.9. The van der Waals surface area contributed by atoms with Crippen molar-refractivity contribution in [3.8, 4) is 0 Å². The van der Waals surface area contributed by atoms with Crippen molar-refractivity contribution in [3.05, 3.63) is 51.2 Å². The lowest BCUT2D eigenvalue weighted by Gasteiger charge is -2.13. The Hall–Kier alpha value is -2.02.